The number of hydrogen-bond acceptors (Lipinski definition) is 2. The molecule has 0 aliphatic heterocycles. The van der Waals surface area contributed by atoms with Gasteiger partial charge in [0.15, 0.2) is 0 Å². The number of hydrogen-bond donors (Lipinski definition) is 1. The molecule has 1 amide bonds. The van der Waals surface area contributed by atoms with Crippen molar-refractivity contribution >= 4 is 5.91 Å². The van der Waals surface area contributed by atoms with E-state index in [0.717, 1.165) is 12.1 Å². The SMILES string of the molecule is CC(C)CNC(=O)c1cncc(-c2cccc(C(F)(F)F)c2)c1. The third-order valence-electron chi connectivity index (χ3n) is 3.19. The van der Waals surface area contributed by atoms with Crippen molar-refractivity contribution in [2.45, 2.75) is 20.0 Å². The maximum absolute atomic E-state index is 12.8. The molecule has 2 rings (SSSR count). The Hall–Kier alpha value is -2.37. The molecule has 1 aromatic heterocycles. The Labute approximate surface area is 132 Å². The largest absolute Gasteiger partial charge is 0.416 e. The number of pyridine rings is 1. The van der Waals surface area contributed by atoms with Gasteiger partial charge in [-0.15, -0.1) is 0 Å². The Morgan fingerprint density at radius 3 is 2.57 bits per heavy atom. The van der Waals surface area contributed by atoms with Gasteiger partial charge in [-0.2, -0.15) is 13.2 Å². The molecule has 0 fully saturated rings. The van der Waals surface area contributed by atoms with E-state index in [9.17, 15) is 18.0 Å². The zero-order chi connectivity index (χ0) is 17.0. The average molecular weight is 322 g/mol. The first-order valence-electron chi connectivity index (χ1n) is 7.18. The van der Waals surface area contributed by atoms with Crippen LogP contribution in [0.15, 0.2) is 42.7 Å². The zero-order valence-electron chi connectivity index (χ0n) is 12.8. The van der Waals surface area contributed by atoms with E-state index in [4.69, 9.17) is 0 Å². The van der Waals surface area contributed by atoms with E-state index >= 15 is 0 Å². The molecule has 1 aromatic carbocycles. The van der Waals surface area contributed by atoms with Crippen molar-refractivity contribution in [1.82, 2.24) is 10.3 Å². The van der Waals surface area contributed by atoms with Crippen LogP contribution in [0.3, 0.4) is 0 Å². The lowest BCUT2D eigenvalue weighted by atomic mass is 10.0. The number of halogens is 3. The molecule has 1 N–H and O–H groups in total. The van der Waals surface area contributed by atoms with E-state index < -0.39 is 11.7 Å². The third kappa shape index (κ3) is 4.55. The first kappa shape index (κ1) is 17.0. The Kier molecular flexibility index (Phi) is 5.03. The van der Waals surface area contributed by atoms with Gasteiger partial charge >= 0.3 is 6.18 Å². The number of amides is 1. The summed E-state index contributed by atoms with van der Waals surface area (Å²) in [5.74, 6) is 0.0126. The average Bonchev–Trinajstić information content (AvgIpc) is 2.52. The number of nitrogens with one attached hydrogen (secondary N) is 1. The second-order valence-electron chi connectivity index (χ2n) is 5.64. The molecule has 23 heavy (non-hydrogen) atoms. The van der Waals surface area contributed by atoms with Crippen molar-refractivity contribution < 1.29 is 18.0 Å². The predicted octanol–water partition coefficient (Wildman–Crippen LogP) is 4.15. The molecule has 1 heterocycles. The summed E-state index contributed by atoms with van der Waals surface area (Å²) < 4.78 is 38.4. The molecule has 3 nitrogen and oxygen atoms in total. The highest BCUT2D eigenvalue weighted by Crippen LogP contribution is 2.32. The smallest absolute Gasteiger partial charge is 0.352 e. The van der Waals surface area contributed by atoms with Crippen LogP contribution in [0.4, 0.5) is 13.2 Å². The molecule has 0 unspecified atom stereocenters. The van der Waals surface area contributed by atoms with E-state index in [2.05, 4.69) is 10.3 Å². The lowest BCUT2D eigenvalue weighted by Crippen LogP contribution is -2.27. The van der Waals surface area contributed by atoms with Crippen molar-refractivity contribution in [2.24, 2.45) is 5.92 Å². The minimum absolute atomic E-state index is 0.292. The highest BCUT2D eigenvalue weighted by molar-refractivity contribution is 5.95. The number of carbonyl (C=O) groups is 1. The van der Waals surface area contributed by atoms with Crippen LogP contribution < -0.4 is 5.32 Å². The predicted molar refractivity (Wildman–Crippen MR) is 81.8 cm³/mol. The Bertz CT molecular complexity index is 696. The fourth-order valence-corrected chi connectivity index (χ4v) is 2.00. The van der Waals surface area contributed by atoms with Gasteiger partial charge in [0.2, 0.25) is 0 Å². The molecule has 6 heteroatoms. The Morgan fingerprint density at radius 1 is 1.17 bits per heavy atom. The molecule has 0 aliphatic carbocycles. The minimum Gasteiger partial charge on any atom is -0.352 e. The van der Waals surface area contributed by atoms with Gasteiger partial charge in [-0.25, -0.2) is 0 Å². The summed E-state index contributed by atoms with van der Waals surface area (Å²) in [4.78, 5) is 16.0. The van der Waals surface area contributed by atoms with Crippen LogP contribution in [0.5, 0.6) is 0 Å². The summed E-state index contributed by atoms with van der Waals surface area (Å²) in [6.07, 6.45) is -1.57. The molecule has 0 aliphatic rings. The fourth-order valence-electron chi connectivity index (χ4n) is 2.00. The highest BCUT2D eigenvalue weighted by Gasteiger charge is 2.30. The molecule has 0 atom stereocenters. The summed E-state index contributed by atoms with van der Waals surface area (Å²) in [6, 6.07) is 6.49. The maximum atomic E-state index is 12.8. The number of alkyl halides is 3. The van der Waals surface area contributed by atoms with E-state index in [1.165, 1.54) is 24.5 Å². The normalized spacial score (nSPS) is 11.6. The van der Waals surface area contributed by atoms with Crippen LogP contribution in [0.25, 0.3) is 11.1 Å². The number of rotatable bonds is 4. The Balaban J connectivity index is 2.28. The van der Waals surface area contributed by atoms with E-state index in [-0.39, 0.29) is 5.91 Å². The van der Waals surface area contributed by atoms with Gasteiger partial charge in [0.1, 0.15) is 0 Å². The lowest BCUT2D eigenvalue weighted by molar-refractivity contribution is -0.137. The van der Waals surface area contributed by atoms with Crippen molar-refractivity contribution in [2.75, 3.05) is 6.54 Å². The van der Waals surface area contributed by atoms with Gasteiger partial charge in [-0.1, -0.05) is 26.0 Å². The van der Waals surface area contributed by atoms with E-state index in [0.29, 0.717) is 29.2 Å². The van der Waals surface area contributed by atoms with Crippen molar-refractivity contribution in [3.05, 3.63) is 53.9 Å². The van der Waals surface area contributed by atoms with Gasteiger partial charge < -0.3 is 5.32 Å². The third-order valence-corrected chi connectivity index (χ3v) is 3.19. The van der Waals surface area contributed by atoms with Crippen LogP contribution in [0, 0.1) is 5.92 Å². The monoisotopic (exact) mass is 322 g/mol. The molecular formula is C17H17F3N2O. The van der Waals surface area contributed by atoms with Gasteiger partial charge in [0.25, 0.3) is 5.91 Å². The molecule has 2 aromatic rings. The zero-order valence-corrected chi connectivity index (χ0v) is 12.8. The second kappa shape index (κ2) is 6.81. The highest BCUT2D eigenvalue weighted by atomic mass is 19.4. The number of benzene rings is 1. The topological polar surface area (TPSA) is 42.0 Å². The first-order valence-corrected chi connectivity index (χ1v) is 7.18. The van der Waals surface area contributed by atoms with Gasteiger partial charge in [-0.05, 0) is 29.7 Å². The Morgan fingerprint density at radius 2 is 1.91 bits per heavy atom. The van der Waals surface area contributed by atoms with Crippen LogP contribution in [-0.2, 0) is 6.18 Å². The van der Waals surface area contributed by atoms with E-state index in [1.807, 2.05) is 13.8 Å². The van der Waals surface area contributed by atoms with Gasteiger partial charge in [0, 0.05) is 24.5 Å². The minimum atomic E-state index is -4.41. The van der Waals surface area contributed by atoms with Crippen LogP contribution in [0.1, 0.15) is 29.8 Å². The quantitative estimate of drug-likeness (QED) is 0.918. The van der Waals surface area contributed by atoms with Crippen LogP contribution in [-0.4, -0.2) is 17.4 Å². The second-order valence-corrected chi connectivity index (χ2v) is 5.64. The molecule has 0 spiro atoms. The molecule has 122 valence electrons. The van der Waals surface area contributed by atoms with Crippen molar-refractivity contribution in [3.8, 4) is 11.1 Å². The molecule has 0 saturated heterocycles. The number of carbonyl (C=O) groups excluding carboxylic acids is 1. The summed E-state index contributed by atoms with van der Waals surface area (Å²) in [7, 11) is 0. The maximum Gasteiger partial charge on any atom is 0.416 e. The van der Waals surface area contributed by atoms with Crippen molar-refractivity contribution in [3.63, 3.8) is 0 Å². The van der Waals surface area contributed by atoms with Crippen LogP contribution in [0.2, 0.25) is 0 Å². The van der Waals surface area contributed by atoms with Crippen molar-refractivity contribution in [1.29, 1.82) is 0 Å². The summed E-state index contributed by atoms with van der Waals surface area (Å²) in [5.41, 5.74) is 0.421. The van der Waals surface area contributed by atoms with Gasteiger partial charge in [0.05, 0.1) is 11.1 Å². The fraction of sp³-hybridized carbons (Fsp3) is 0.294. The lowest BCUT2D eigenvalue weighted by Gasteiger charge is -2.10. The van der Waals surface area contributed by atoms with Gasteiger partial charge in [-0.3, -0.25) is 9.78 Å². The summed E-state index contributed by atoms with van der Waals surface area (Å²) >= 11 is 0. The first-order chi connectivity index (χ1) is 10.8. The molecular weight excluding hydrogens is 305 g/mol. The standard InChI is InChI=1S/C17H17F3N2O/c1-11(2)8-22-16(23)14-6-13(9-21-10-14)12-4-3-5-15(7-12)17(18,19)20/h3-7,9-11H,8H2,1-2H3,(H,22,23). The molecule has 0 saturated carbocycles. The number of aromatic nitrogens is 1. The molecule has 0 radical (unpaired) electrons. The summed E-state index contributed by atoms with van der Waals surface area (Å²) in [6.45, 7) is 4.46. The van der Waals surface area contributed by atoms with E-state index in [1.54, 1.807) is 6.07 Å². The number of nitrogens with zero attached hydrogens (tertiary/aromatic N) is 1. The summed E-state index contributed by atoms with van der Waals surface area (Å²) in [5, 5.41) is 2.75. The van der Waals surface area contributed by atoms with Crippen LogP contribution >= 0.6 is 0 Å². The molecule has 0 bridgehead atoms.